The molecule has 0 aliphatic carbocycles. The molecule has 0 amide bonds. The first kappa shape index (κ1) is 20.6. The number of hydrogen-bond donors (Lipinski definition) is 1. The van der Waals surface area contributed by atoms with Crippen molar-refractivity contribution in [3.05, 3.63) is 98.5 Å². The van der Waals surface area contributed by atoms with Gasteiger partial charge in [0.1, 0.15) is 5.75 Å². The van der Waals surface area contributed by atoms with E-state index in [9.17, 15) is 14.7 Å². The molecule has 2 aromatic carbocycles. The molecule has 166 valence electrons. The summed E-state index contributed by atoms with van der Waals surface area (Å²) in [5.74, 6) is 0.564. The second kappa shape index (κ2) is 7.67. The predicted molar refractivity (Wildman–Crippen MR) is 128 cm³/mol. The van der Waals surface area contributed by atoms with E-state index >= 15 is 0 Å². The third kappa shape index (κ3) is 3.10. The van der Waals surface area contributed by atoms with Gasteiger partial charge in [-0.3, -0.25) is 22.9 Å². The number of fused-ring (bicyclic) bond motifs is 3. The Hall–Kier alpha value is -4.33. The van der Waals surface area contributed by atoms with Crippen molar-refractivity contribution in [1.29, 1.82) is 0 Å². The summed E-state index contributed by atoms with van der Waals surface area (Å²) in [7, 11) is 1.61. The van der Waals surface area contributed by atoms with Crippen LogP contribution in [0.2, 0.25) is 0 Å². The zero-order chi connectivity index (χ0) is 23.3. The normalized spacial score (nSPS) is 11.8. The summed E-state index contributed by atoms with van der Waals surface area (Å²) in [6.45, 7) is 3.94. The minimum atomic E-state index is -0.436. The van der Waals surface area contributed by atoms with Crippen molar-refractivity contribution < 1.29 is 5.11 Å². The van der Waals surface area contributed by atoms with Crippen molar-refractivity contribution in [2.45, 2.75) is 20.4 Å². The highest BCUT2D eigenvalue weighted by Gasteiger charge is 2.23. The Labute approximate surface area is 188 Å². The molecule has 8 nitrogen and oxygen atoms in total. The Kier molecular flexibility index (Phi) is 4.78. The number of nitrogens with zero attached hydrogens (tertiary/aromatic N) is 5. The van der Waals surface area contributed by atoms with Gasteiger partial charge in [0.15, 0.2) is 11.2 Å². The molecule has 0 spiro atoms. The number of hydrogen-bond acceptors (Lipinski definition) is 4. The number of benzene rings is 2. The fraction of sp³-hybridized carbons (Fsp3) is 0.160. The minimum absolute atomic E-state index is 0.0995. The molecule has 5 aromatic rings. The summed E-state index contributed by atoms with van der Waals surface area (Å²) in [4.78, 5) is 31.1. The molecule has 0 atom stereocenters. The molecule has 0 fully saturated rings. The number of allylic oxidation sites excluding steroid dienone is 1. The second-order valence-electron chi connectivity index (χ2n) is 7.98. The number of phenolic OH excluding ortho intramolecular Hbond substituents is 1. The van der Waals surface area contributed by atoms with Crippen molar-refractivity contribution in [1.82, 2.24) is 23.1 Å². The molecule has 0 aliphatic rings. The average molecular weight is 441 g/mol. The molecule has 3 heterocycles. The van der Waals surface area contributed by atoms with E-state index in [0.717, 1.165) is 17.0 Å². The molecule has 3 aromatic heterocycles. The van der Waals surface area contributed by atoms with Gasteiger partial charge in [-0.2, -0.15) is 4.98 Å². The maximum absolute atomic E-state index is 13.5. The molecular weight excluding hydrogens is 418 g/mol. The highest BCUT2D eigenvalue weighted by molar-refractivity contribution is 5.77. The van der Waals surface area contributed by atoms with Crippen LogP contribution in [0.15, 0.2) is 70.3 Å². The number of phenols is 1. The molecule has 0 saturated heterocycles. The number of aromatic nitrogens is 5. The highest BCUT2D eigenvalue weighted by Crippen LogP contribution is 2.29. The summed E-state index contributed by atoms with van der Waals surface area (Å²) >= 11 is 0. The summed E-state index contributed by atoms with van der Waals surface area (Å²) < 4.78 is 6.16. The van der Waals surface area contributed by atoms with Gasteiger partial charge in [-0.05, 0) is 31.5 Å². The third-order valence-electron chi connectivity index (χ3n) is 6.04. The lowest BCUT2D eigenvalue weighted by Gasteiger charge is -2.08. The van der Waals surface area contributed by atoms with Crippen molar-refractivity contribution in [3.63, 3.8) is 0 Å². The van der Waals surface area contributed by atoms with E-state index in [4.69, 9.17) is 0 Å². The lowest BCUT2D eigenvalue weighted by atomic mass is 10.2. The molecule has 0 unspecified atom stereocenters. The standard InChI is InChI=1S/C25H23N5O3/c1-16-17(2)30-21-22(26-24(30)29(16)19-13-7-8-14-20(19)31)27(3)25(33)28(23(21)32)15-9-12-18-10-5-4-6-11-18/h4-14,31H,15H2,1-3H3. The topological polar surface area (TPSA) is 86.5 Å². The molecule has 0 saturated carbocycles. The maximum Gasteiger partial charge on any atom is 0.332 e. The van der Waals surface area contributed by atoms with Gasteiger partial charge in [0, 0.05) is 25.0 Å². The van der Waals surface area contributed by atoms with E-state index in [1.165, 1.54) is 9.13 Å². The number of rotatable bonds is 4. The van der Waals surface area contributed by atoms with Crippen LogP contribution in [-0.4, -0.2) is 28.2 Å². The molecule has 0 radical (unpaired) electrons. The lowest BCUT2D eigenvalue weighted by molar-refractivity contribution is 0.472. The summed E-state index contributed by atoms with van der Waals surface area (Å²) in [6.07, 6.45) is 3.68. The highest BCUT2D eigenvalue weighted by atomic mass is 16.3. The Bertz CT molecular complexity index is 1670. The number of aryl methyl sites for hydroxylation is 2. The van der Waals surface area contributed by atoms with Gasteiger partial charge in [0.25, 0.3) is 5.56 Å². The first-order valence-electron chi connectivity index (χ1n) is 10.6. The van der Waals surface area contributed by atoms with E-state index in [1.54, 1.807) is 40.3 Å². The Morgan fingerprint density at radius 1 is 0.970 bits per heavy atom. The van der Waals surface area contributed by atoms with Crippen LogP contribution < -0.4 is 11.2 Å². The van der Waals surface area contributed by atoms with Gasteiger partial charge in [0.05, 0.1) is 5.69 Å². The lowest BCUT2D eigenvalue weighted by Crippen LogP contribution is -2.39. The molecule has 8 heteroatoms. The quantitative estimate of drug-likeness (QED) is 0.464. The monoisotopic (exact) mass is 441 g/mol. The minimum Gasteiger partial charge on any atom is -0.506 e. The molecule has 5 rings (SSSR count). The van der Waals surface area contributed by atoms with Crippen LogP contribution in [0.1, 0.15) is 17.0 Å². The average Bonchev–Trinajstić information content (AvgIpc) is 3.31. The van der Waals surface area contributed by atoms with E-state index in [0.29, 0.717) is 22.6 Å². The summed E-state index contributed by atoms with van der Waals surface area (Å²) in [5, 5.41) is 10.4. The van der Waals surface area contributed by atoms with Gasteiger partial charge >= 0.3 is 5.69 Å². The number of para-hydroxylation sites is 2. The summed E-state index contributed by atoms with van der Waals surface area (Å²) in [5.41, 5.74) is 2.97. The van der Waals surface area contributed by atoms with Crippen molar-refractivity contribution in [2.24, 2.45) is 7.05 Å². The second-order valence-corrected chi connectivity index (χ2v) is 7.98. The first-order valence-corrected chi connectivity index (χ1v) is 10.6. The van der Waals surface area contributed by atoms with Crippen LogP contribution in [0.4, 0.5) is 0 Å². The fourth-order valence-corrected chi connectivity index (χ4v) is 4.21. The SMILES string of the molecule is Cc1c(C)n2c3c(=O)n(CC=Cc4ccccc4)c(=O)n(C)c3nc2n1-c1ccccc1O. The number of imidazole rings is 2. The zero-order valence-electron chi connectivity index (χ0n) is 18.6. The molecule has 0 aliphatic heterocycles. The van der Waals surface area contributed by atoms with Gasteiger partial charge in [-0.1, -0.05) is 54.6 Å². The predicted octanol–water partition coefficient (Wildman–Crippen LogP) is 3.17. The van der Waals surface area contributed by atoms with Crippen molar-refractivity contribution in [2.75, 3.05) is 0 Å². The van der Waals surface area contributed by atoms with Crippen LogP contribution in [0, 0.1) is 13.8 Å². The Morgan fingerprint density at radius 3 is 2.39 bits per heavy atom. The van der Waals surface area contributed by atoms with Crippen LogP contribution in [0.5, 0.6) is 5.75 Å². The molecule has 33 heavy (non-hydrogen) atoms. The van der Waals surface area contributed by atoms with Gasteiger partial charge in [-0.25, -0.2) is 4.79 Å². The summed E-state index contributed by atoms with van der Waals surface area (Å²) in [6, 6.07) is 16.7. The van der Waals surface area contributed by atoms with E-state index in [1.807, 2.05) is 56.3 Å². The smallest absolute Gasteiger partial charge is 0.332 e. The zero-order valence-corrected chi connectivity index (χ0v) is 18.6. The van der Waals surface area contributed by atoms with Crippen LogP contribution >= 0.6 is 0 Å². The third-order valence-corrected chi connectivity index (χ3v) is 6.04. The van der Waals surface area contributed by atoms with Crippen molar-refractivity contribution in [3.8, 4) is 11.4 Å². The molecular formula is C25H23N5O3. The first-order chi connectivity index (χ1) is 15.9. The van der Waals surface area contributed by atoms with Gasteiger partial charge in [0.2, 0.25) is 5.78 Å². The maximum atomic E-state index is 13.5. The van der Waals surface area contributed by atoms with Crippen LogP contribution in [0.25, 0.3) is 28.7 Å². The van der Waals surface area contributed by atoms with E-state index in [2.05, 4.69) is 4.98 Å². The molecule has 0 bridgehead atoms. The van der Waals surface area contributed by atoms with E-state index < -0.39 is 11.2 Å². The van der Waals surface area contributed by atoms with Gasteiger partial charge < -0.3 is 5.11 Å². The Morgan fingerprint density at radius 2 is 1.67 bits per heavy atom. The van der Waals surface area contributed by atoms with Crippen molar-refractivity contribution >= 4 is 23.0 Å². The van der Waals surface area contributed by atoms with Crippen LogP contribution in [0.3, 0.4) is 0 Å². The largest absolute Gasteiger partial charge is 0.506 e. The van der Waals surface area contributed by atoms with E-state index in [-0.39, 0.29) is 12.3 Å². The fourth-order valence-electron chi connectivity index (χ4n) is 4.21. The number of aromatic hydroxyl groups is 1. The Balaban J connectivity index is 1.75. The van der Waals surface area contributed by atoms with Crippen LogP contribution in [-0.2, 0) is 13.6 Å². The molecule has 1 N–H and O–H groups in total. The van der Waals surface area contributed by atoms with Gasteiger partial charge in [-0.15, -0.1) is 0 Å².